The van der Waals surface area contributed by atoms with Gasteiger partial charge in [-0.25, -0.2) is 4.52 Å². The number of anilines is 1. The van der Waals surface area contributed by atoms with Gasteiger partial charge in [0.1, 0.15) is 23.5 Å². The molecule has 134 valence electrons. The Morgan fingerprint density at radius 3 is 2.54 bits per heavy atom. The average molecular weight is 476 g/mol. The third-order valence-corrected chi connectivity index (χ3v) is 5.34. The summed E-state index contributed by atoms with van der Waals surface area (Å²) in [5, 5.41) is 27.5. The lowest BCUT2D eigenvalue weighted by atomic mass is 9.95. The predicted molar refractivity (Wildman–Crippen MR) is 114 cm³/mol. The van der Waals surface area contributed by atoms with Crippen LogP contribution >= 0.6 is 22.6 Å². The number of hydrogen-bond acceptors (Lipinski definition) is 5. The molecule has 3 aromatic heterocycles. The van der Waals surface area contributed by atoms with E-state index < -0.39 is 0 Å². The molecule has 4 aromatic rings. The molecule has 28 heavy (non-hydrogen) atoms. The van der Waals surface area contributed by atoms with Crippen LogP contribution in [0.1, 0.15) is 16.7 Å². The van der Waals surface area contributed by atoms with Gasteiger partial charge in [-0.1, -0.05) is 24.3 Å². The fourth-order valence-corrected chi connectivity index (χ4v) is 3.81. The van der Waals surface area contributed by atoms with Crippen molar-refractivity contribution < 1.29 is 0 Å². The van der Waals surface area contributed by atoms with Crippen molar-refractivity contribution >= 4 is 33.9 Å². The Balaban J connectivity index is 1.97. The van der Waals surface area contributed by atoms with E-state index in [1.54, 1.807) is 29.2 Å². The summed E-state index contributed by atoms with van der Waals surface area (Å²) < 4.78 is 2.59. The maximum absolute atomic E-state index is 10.0. The molecule has 3 heterocycles. The number of nitrogens with one attached hydrogen (secondary N) is 1. The standard InChI is InChI=1S/C21H13IN6/c22-18-6-2-1-5-15(18)20-16(10-23)19-7-9-27-28(19)21(17(20)11-24)26-13-14-4-3-8-25-12-14/h1-9,12,26H,13H2. The van der Waals surface area contributed by atoms with Crippen molar-refractivity contribution in [2.45, 2.75) is 6.54 Å². The zero-order valence-corrected chi connectivity index (χ0v) is 16.8. The summed E-state index contributed by atoms with van der Waals surface area (Å²) in [6.07, 6.45) is 5.11. The second-order valence-corrected chi connectivity index (χ2v) is 7.18. The van der Waals surface area contributed by atoms with Crippen molar-refractivity contribution in [3.8, 4) is 23.3 Å². The molecule has 1 N–H and O–H groups in total. The van der Waals surface area contributed by atoms with Crippen molar-refractivity contribution in [1.82, 2.24) is 14.6 Å². The van der Waals surface area contributed by atoms with Crippen molar-refractivity contribution in [3.63, 3.8) is 0 Å². The SMILES string of the molecule is N#Cc1c(-c2ccccc2I)c(C#N)c2ccnn2c1NCc1cccnc1. The summed E-state index contributed by atoms with van der Waals surface area (Å²) in [5.41, 5.74) is 3.93. The molecule has 0 unspecified atom stereocenters. The lowest BCUT2D eigenvalue weighted by Gasteiger charge is -2.17. The normalized spacial score (nSPS) is 10.4. The predicted octanol–water partition coefficient (Wildman–Crippen LogP) is 4.36. The maximum atomic E-state index is 10.0. The van der Waals surface area contributed by atoms with Gasteiger partial charge in [0.2, 0.25) is 0 Å². The average Bonchev–Trinajstić information content (AvgIpc) is 3.22. The van der Waals surface area contributed by atoms with Crippen LogP contribution < -0.4 is 5.32 Å². The van der Waals surface area contributed by atoms with E-state index >= 15 is 0 Å². The van der Waals surface area contributed by atoms with Crippen LogP contribution in [0, 0.1) is 26.2 Å². The zero-order chi connectivity index (χ0) is 19.5. The zero-order valence-electron chi connectivity index (χ0n) is 14.6. The molecular weight excluding hydrogens is 463 g/mol. The van der Waals surface area contributed by atoms with E-state index in [-0.39, 0.29) is 0 Å². The van der Waals surface area contributed by atoms with Crippen LogP contribution in [0.15, 0.2) is 61.1 Å². The first-order chi connectivity index (χ1) is 13.7. The van der Waals surface area contributed by atoms with Crippen LogP contribution in [0.2, 0.25) is 0 Å². The van der Waals surface area contributed by atoms with E-state index in [9.17, 15) is 10.5 Å². The van der Waals surface area contributed by atoms with Crippen LogP contribution in [0.5, 0.6) is 0 Å². The highest BCUT2D eigenvalue weighted by Crippen LogP contribution is 2.37. The monoisotopic (exact) mass is 476 g/mol. The largest absolute Gasteiger partial charge is 0.365 e. The first kappa shape index (κ1) is 18.0. The van der Waals surface area contributed by atoms with Crippen molar-refractivity contribution in [2.24, 2.45) is 0 Å². The molecule has 0 amide bonds. The summed E-state index contributed by atoms with van der Waals surface area (Å²) >= 11 is 2.22. The lowest BCUT2D eigenvalue weighted by Crippen LogP contribution is -2.10. The first-order valence-corrected chi connectivity index (χ1v) is 9.54. The number of fused-ring (bicyclic) bond motifs is 1. The molecule has 7 heteroatoms. The van der Waals surface area contributed by atoms with E-state index in [1.807, 2.05) is 36.4 Å². The number of aromatic nitrogens is 3. The van der Waals surface area contributed by atoms with E-state index in [4.69, 9.17) is 0 Å². The number of nitrogens with zero attached hydrogens (tertiary/aromatic N) is 5. The Labute approximate surface area is 175 Å². The molecule has 0 aliphatic carbocycles. The number of benzene rings is 1. The van der Waals surface area contributed by atoms with Gasteiger partial charge in [-0.2, -0.15) is 15.6 Å². The molecule has 0 atom stereocenters. The number of rotatable bonds is 4. The van der Waals surface area contributed by atoms with Crippen molar-refractivity contribution in [3.05, 3.63) is 81.3 Å². The fourth-order valence-electron chi connectivity index (χ4n) is 3.16. The minimum atomic E-state index is 0.390. The van der Waals surface area contributed by atoms with Crippen LogP contribution in [0.3, 0.4) is 0 Å². The van der Waals surface area contributed by atoms with Gasteiger partial charge in [-0.3, -0.25) is 4.98 Å². The molecule has 0 saturated carbocycles. The maximum Gasteiger partial charge on any atom is 0.147 e. The topological polar surface area (TPSA) is 89.8 Å². The summed E-state index contributed by atoms with van der Waals surface area (Å²) in [7, 11) is 0. The Morgan fingerprint density at radius 1 is 1.00 bits per heavy atom. The van der Waals surface area contributed by atoms with Gasteiger partial charge in [-0.05, 0) is 51.9 Å². The molecule has 0 saturated heterocycles. The van der Waals surface area contributed by atoms with Crippen LogP contribution in [0.4, 0.5) is 5.82 Å². The van der Waals surface area contributed by atoms with E-state index in [0.717, 1.165) is 14.7 Å². The van der Waals surface area contributed by atoms with Crippen molar-refractivity contribution in [2.75, 3.05) is 5.32 Å². The number of nitriles is 2. The number of hydrogen-bond donors (Lipinski definition) is 1. The highest BCUT2D eigenvalue weighted by atomic mass is 127. The molecule has 0 fully saturated rings. The minimum Gasteiger partial charge on any atom is -0.365 e. The highest BCUT2D eigenvalue weighted by molar-refractivity contribution is 14.1. The molecule has 0 spiro atoms. The molecule has 4 rings (SSSR count). The van der Waals surface area contributed by atoms with Gasteiger partial charge in [0.25, 0.3) is 0 Å². The summed E-state index contributed by atoms with van der Waals surface area (Å²) in [6, 6.07) is 17.9. The van der Waals surface area contributed by atoms with Gasteiger partial charge in [-0.15, -0.1) is 0 Å². The molecule has 6 nitrogen and oxygen atoms in total. The van der Waals surface area contributed by atoms with Crippen LogP contribution in [-0.4, -0.2) is 14.6 Å². The van der Waals surface area contributed by atoms with Crippen LogP contribution in [0.25, 0.3) is 16.6 Å². The molecule has 0 radical (unpaired) electrons. The van der Waals surface area contributed by atoms with E-state index in [1.165, 1.54) is 0 Å². The summed E-state index contributed by atoms with van der Waals surface area (Å²) in [5.74, 6) is 0.556. The molecule has 0 aliphatic heterocycles. The van der Waals surface area contributed by atoms with Gasteiger partial charge in [0.15, 0.2) is 0 Å². The van der Waals surface area contributed by atoms with Gasteiger partial charge in [0, 0.05) is 28.1 Å². The smallest absolute Gasteiger partial charge is 0.147 e. The third kappa shape index (κ3) is 3.06. The Bertz CT molecular complexity index is 1250. The van der Waals surface area contributed by atoms with Crippen molar-refractivity contribution in [1.29, 1.82) is 10.5 Å². The molecular formula is C21H13IN6. The molecule has 0 aliphatic rings. The number of halogens is 1. The summed E-state index contributed by atoms with van der Waals surface area (Å²) in [4.78, 5) is 4.12. The second-order valence-electron chi connectivity index (χ2n) is 6.02. The fraction of sp³-hybridized carbons (Fsp3) is 0.0476. The lowest BCUT2D eigenvalue weighted by molar-refractivity contribution is 0.937. The van der Waals surface area contributed by atoms with Gasteiger partial charge in [0.05, 0.1) is 17.3 Å². The first-order valence-electron chi connectivity index (χ1n) is 8.46. The second kappa shape index (κ2) is 7.67. The Hall–Kier alpha value is -3.43. The van der Waals surface area contributed by atoms with E-state index in [2.05, 4.69) is 50.1 Å². The Kier molecular flexibility index (Phi) is 4.92. The minimum absolute atomic E-state index is 0.390. The van der Waals surface area contributed by atoms with E-state index in [0.29, 0.717) is 34.6 Å². The number of pyridine rings is 2. The van der Waals surface area contributed by atoms with Crippen LogP contribution in [-0.2, 0) is 6.54 Å². The van der Waals surface area contributed by atoms with Gasteiger partial charge >= 0.3 is 0 Å². The molecule has 0 bridgehead atoms. The molecule has 1 aromatic carbocycles. The Morgan fingerprint density at radius 2 is 1.82 bits per heavy atom. The summed E-state index contributed by atoms with van der Waals surface area (Å²) in [6.45, 7) is 0.481. The quantitative estimate of drug-likeness (QED) is 0.443. The highest BCUT2D eigenvalue weighted by Gasteiger charge is 2.22. The van der Waals surface area contributed by atoms with Gasteiger partial charge < -0.3 is 5.32 Å². The third-order valence-electron chi connectivity index (χ3n) is 4.40.